The van der Waals surface area contributed by atoms with Gasteiger partial charge in [-0.1, -0.05) is 28.1 Å². The minimum atomic E-state index is -0.972. The van der Waals surface area contributed by atoms with Crippen molar-refractivity contribution in [3.8, 4) is 0 Å². The van der Waals surface area contributed by atoms with Crippen molar-refractivity contribution in [1.29, 1.82) is 0 Å². The number of carbonyl (C=O) groups is 2. The van der Waals surface area contributed by atoms with E-state index < -0.39 is 16.8 Å². The average Bonchev–Trinajstić information content (AvgIpc) is 3.22. The molecule has 1 atom stereocenters. The number of carboxylic acids is 1. The molecule has 1 aromatic rings. The van der Waals surface area contributed by atoms with Crippen molar-refractivity contribution in [2.24, 2.45) is 5.41 Å². The fraction of sp³-hybridized carbons (Fsp3) is 0.529. The Labute approximate surface area is 143 Å². The standard InChI is InChI=1S/C17H20BrNO4/c1-23-11-16(15(21)22)8-9-19(10-16)14(20)17(6-7-17)12-2-4-13(18)5-3-12/h2-5H,6-11H2,1H3,(H,21,22). The fourth-order valence-electron chi connectivity index (χ4n) is 3.50. The van der Waals surface area contributed by atoms with Gasteiger partial charge in [0.2, 0.25) is 5.91 Å². The molecule has 6 heteroatoms. The lowest BCUT2D eigenvalue weighted by Gasteiger charge is -2.26. The second-order valence-corrected chi connectivity index (χ2v) is 7.50. The average molecular weight is 382 g/mol. The third-order valence-electron chi connectivity index (χ3n) is 5.07. The van der Waals surface area contributed by atoms with Crippen LogP contribution in [0.4, 0.5) is 0 Å². The molecule has 0 radical (unpaired) electrons. The van der Waals surface area contributed by atoms with Gasteiger partial charge in [-0.05, 0) is 37.0 Å². The Morgan fingerprint density at radius 1 is 1.26 bits per heavy atom. The molecule has 1 aliphatic carbocycles. The maximum absolute atomic E-state index is 13.0. The number of aliphatic carboxylic acids is 1. The first-order valence-corrected chi connectivity index (χ1v) is 8.51. The van der Waals surface area contributed by atoms with Crippen LogP contribution in [0.5, 0.6) is 0 Å². The molecule has 1 heterocycles. The highest BCUT2D eigenvalue weighted by Gasteiger charge is 2.56. The summed E-state index contributed by atoms with van der Waals surface area (Å²) in [6, 6.07) is 7.84. The maximum Gasteiger partial charge on any atom is 0.313 e. The summed E-state index contributed by atoms with van der Waals surface area (Å²) in [6.45, 7) is 0.845. The Bertz CT molecular complexity index is 626. The van der Waals surface area contributed by atoms with Crippen LogP contribution in [-0.2, 0) is 19.7 Å². The molecule has 1 aromatic carbocycles. The van der Waals surface area contributed by atoms with Gasteiger partial charge < -0.3 is 14.7 Å². The molecule has 23 heavy (non-hydrogen) atoms. The van der Waals surface area contributed by atoms with E-state index in [9.17, 15) is 14.7 Å². The third-order valence-corrected chi connectivity index (χ3v) is 5.60. The molecule has 0 bridgehead atoms. The number of benzene rings is 1. The van der Waals surface area contributed by atoms with E-state index in [-0.39, 0.29) is 19.1 Å². The van der Waals surface area contributed by atoms with Crippen LogP contribution >= 0.6 is 15.9 Å². The molecule has 1 N–H and O–H groups in total. The van der Waals surface area contributed by atoms with Gasteiger partial charge in [-0.2, -0.15) is 0 Å². The molecule has 2 aliphatic rings. The predicted molar refractivity (Wildman–Crippen MR) is 88.2 cm³/mol. The first kappa shape index (κ1) is 16.5. The summed E-state index contributed by atoms with van der Waals surface area (Å²) in [4.78, 5) is 26.4. The molecular weight excluding hydrogens is 362 g/mol. The Balaban J connectivity index is 1.79. The summed E-state index contributed by atoms with van der Waals surface area (Å²) in [6.07, 6.45) is 2.10. The summed E-state index contributed by atoms with van der Waals surface area (Å²) in [5.74, 6) is -0.831. The minimum absolute atomic E-state index is 0.0547. The second-order valence-electron chi connectivity index (χ2n) is 6.58. The number of hydrogen-bond acceptors (Lipinski definition) is 3. The SMILES string of the molecule is COCC1(C(=O)O)CCN(C(=O)C2(c3ccc(Br)cc3)CC2)C1. The van der Waals surface area contributed by atoms with Gasteiger partial charge in [0.1, 0.15) is 5.41 Å². The number of carbonyl (C=O) groups excluding carboxylic acids is 1. The lowest BCUT2D eigenvalue weighted by Crippen LogP contribution is -2.43. The van der Waals surface area contributed by atoms with Crippen LogP contribution < -0.4 is 0 Å². The summed E-state index contributed by atoms with van der Waals surface area (Å²) < 4.78 is 6.08. The highest BCUT2D eigenvalue weighted by Crippen LogP contribution is 2.51. The van der Waals surface area contributed by atoms with Gasteiger partial charge in [-0.3, -0.25) is 9.59 Å². The smallest absolute Gasteiger partial charge is 0.313 e. The maximum atomic E-state index is 13.0. The lowest BCUT2D eigenvalue weighted by molar-refractivity contribution is -0.151. The Morgan fingerprint density at radius 3 is 2.43 bits per heavy atom. The number of likely N-dealkylation sites (tertiary alicyclic amines) is 1. The number of amides is 1. The summed E-state index contributed by atoms with van der Waals surface area (Å²) in [5, 5.41) is 9.54. The second kappa shape index (κ2) is 5.91. The first-order valence-electron chi connectivity index (χ1n) is 7.71. The summed E-state index contributed by atoms with van der Waals surface area (Å²) >= 11 is 3.41. The molecule has 2 fully saturated rings. The van der Waals surface area contributed by atoms with Crippen LogP contribution in [0, 0.1) is 5.41 Å². The topological polar surface area (TPSA) is 66.8 Å². The molecule has 0 aromatic heterocycles. The Kier molecular flexibility index (Phi) is 4.23. The van der Waals surface area contributed by atoms with Crippen molar-refractivity contribution in [2.75, 3.05) is 26.8 Å². The van der Waals surface area contributed by atoms with Crippen LogP contribution in [-0.4, -0.2) is 48.7 Å². The molecule has 1 saturated heterocycles. The largest absolute Gasteiger partial charge is 0.481 e. The van der Waals surface area contributed by atoms with Gasteiger partial charge in [-0.15, -0.1) is 0 Å². The Morgan fingerprint density at radius 2 is 1.91 bits per heavy atom. The zero-order valence-corrected chi connectivity index (χ0v) is 14.6. The van der Waals surface area contributed by atoms with Crippen LogP contribution in [0.25, 0.3) is 0 Å². The van der Waals surface area contributed by atoms with E-state index in [2.05, 4.69) is 15.9 Å². The lowest BCUT2D eigenvalue weighted by atomic mass is 9.88. The van der Waals surface area contributed by atoms with E-state index in [1.54, 1.807) is 4.90 Å². The van der Waals surface area contributed by atoms with Gasteiger partial charge in [0.15, 0.2) is 0 Å². The zero-order chi connectivity index (χ0) is 16.7. The van der Waals surface area contributed by atoms with Gasteiger partial charge in [-0.25, -0.2) is 0 Å². The van der Waals surface area contributed by atoms with Crippen LogP contribution in [0.2, 0.25) is 0 Å². The Hall–Kier alpha value is -1.40. The number of halogens is 1. The van der Waals surface area contributed by atoms with Crippen molar-refractivity contribution in [3.63, 3.8) is 0 Å². The van der Waals surface area contributed by atoms with E-state index in [0.717, 1.165) is 22.9 Å². The number of methoxy groups -OCH3 is 1. The highest BCUT2D eigenvalue weighted by atomic mass is 79.9. The van der Waals surface area contributed by atoms with Crippen molar-refractivity contribution >= 4 is 27.8 Å². The zero-order valence-electron chi connectivity index (χ0n) is 13.0. The molecule has 3 rings (SSSR count). The van der Waals surface area contributed by atoms with Crippen molar-refractivity contribution in [3.05, 3.63) is 34.3 Å². The van der Waals surface area contributed by atoms with Crippen molar-refractivity contribution < 1.29 is 19.4 Å². The quantitative estimate of drug-likeness (QED) is 0.850. The van der Waals surface area contributed by atoms with Gasteiger partial charge in [0.05, 0.1) is 12.0 Å². The van der Waals surface area contributed by atoms with E-state index in [1.807, 2.05) is 24.3 Å². The van der Waals surface area contributed by atoms with Gasteiger partial charge in [0.25, 0.3) is 0 Å². The van der Waals surface area contributed by atoms with Gasteiger partial charge in [0, 0.05) is 24.7 Å². The number of ether oxygens (including phenoxy) is 1. The molecule has 1 saturated carbocycles. The molecule has 1 amide bonds. The molecule has 0 spiro atoms. The van der Waals surface area contributed by atoms with E-state index in [1.165, 1.54) is 7.11 Å². The third kappa shape index (κ3) is 2.78. The molecule has 124 valence electrons. The van der Waals surface area contributed by atoms with Crippen LogP contribution in [0.1, 0.15) is 24.8 Å². The summed E-state index contributed by atoms with van der Waals surface area (Å²) in [7, 11) is 1.50. The number of hydrogen-bond donors (Lipinski definition) is 1. The molecular formula is C17H20BrNO4. The van der Waals surface area contributed by atoms with E-state index >= 15 is 0 Å². The summed E-state index contributed by atoms with van der Waals surface area (Å²) in [5.41, 5.74) is -0.409. The first-order chi connectivity index (χ1) is 10.9. The van der Waals surface area contributed by atoms with E-state index in [0.29, 0.717) is 13.0 Å². The number of rotatable bonds is 5. The predicted octanol–water partition coefficient (Wildman–Crippen LogP) is 2.43. The van der Waals surface area contributed by atoms with Gasteiger partial charge >= 0.3 is 5.97 Å². The molecule has 5 nitrogen and oxygen atoms in total. The minimum Gasteiger partial charge on any atom is -0.481 e. The van der Waals surface area contributed by atoms with Crippen molar-refractivity contribution in [2.45, 2.75) is 24.7 Å². The highest BCUT2D eigenvalue weighted by molar-refractivity contribution is 9.10. The van der Waals surface area contributed by atoms with E-state index in [4.69, 9.17) is 4.74 Å². The number of nitrogens with zero attached hydrogens (tertiary/aromatic N) is 1. The normalized spacial score (nSPS) is 25.4. The van der Waals surface area contributed by atoms with Crippen LogP contribution in [0.15, 0.2) is 28.7 Å². The number of carboxylic acid groups (broad SMARTS) is 1. The monoisotopic (exact) mass is 381 g/mol. The van der Waals surface area contributed by atoms with Crippen molar-refractivity contribution in [1.82, 2.24) is 4.90 Å². The fourth-order valence-corrected chi connectivity index (χ4v) is 3.76. The molecule has 1 unspecified atom stereocenters. The van der Waals surface area contributed by atoms with Crippen LogP contribution in [0.3, 0.4) is 0 Å². The molecule has 1 aliphatic heterocycles.